The normalized spacial score (nSPS) is 11.5. The minimum Gasteiger partial charge on any atom is -0.355 e. The Morgan fingerprint density at radius 1 is 0.909 bits per heavy atom. The van der Waals surface area contributed by atoms with Gasteiger partial charge in [0, 0.05) is 24.7 Å². The van der Waals surface area contributed by atoms with Crippen molar-refractivity contribution in [2.24, 2.45) is 5.92 Å². The lowest BCUT2D eigenvalue weighted by molar-refractivity contribution is 0.319. The van der Waals surface area contributed by atoms with Crippen molar-refractivity contribution in [3.05, 3.63) is 50.6 Å². The van der Waals surface area contributed by atoms with E-state index in [1.165, 1.54) is 44.2 Å². The van der Waals surface area contributed by atoms with Gasteiger partial charge >= 0.3 is 0 Å². The molecule has 0 amide bonds. The van der Waals surface area contributed by atoms with Gasteiger partial charge in [0.05, 0.1) is 0 Å². The van der Waals surface area contributed by atoms with E-state index in [0.717, 1.165) is 19.5 Å². The third-order valence-corrected chi connectivity index (χ3v) is 4.12. The Balaban J connectivity index is 4.77. The molecule has 0 aliphatic heterocycles. The van der Waals surface area contributed by atoms with Crippen LogP contribution in [0.15, 0.2) is 50.6 Å². The molecule has 0 aromatic heterocycles. The maximum atomic E-state index is 4.36. The van der Waals surface area contributed by atoms with Crippen molar-refractivity contribution in [1.82, 2.24) is 9.80 Å². The highest BCUT2D eigenvalue weighted by molar-refractivity contribution is 5.05. The molecule has 0 fully saturated rings. The molecule has 1 atom stereocenters. The zero-order valence-electron chi connectivity index (χ0n) is 14.9. The predicted molar refractivity (Wildman–Crippen MR) is 100 cm³/mol. The highest BCUT2D eigenvalue weighted by atomic mass is 15.1. The van der Waals surface area contributed by atoms with Gasteiger partial charge in [-0.1, -0.05) is 72.3 Å². The molecule has 1 unspecified atom stereocenters. The molecular weight excluding hydrogens is 268 g/mol. The Bertz CT molecular complexity index is 325. The molecular formula is C20H36N2. The van der Waals surface area contributed by atoms with Crippen molar-refractivity contribution < 1.29 is 0 Å². The average Bonchev–Trinajstić information content (AvgIpc) is 2.54. The molecule has 0 spiro atoms. The summed E-state index contributed by atoms with van der Waals surface area (Å²) in [7, 11) is 0. The first-order valence-electron chi connectivity index (χ1n) is 8.73. The summed E-state index contributed by atoms with van der Waals surface area (Å²) in [5.41, 5.74) is 1.18. The topological polar surface area (TPSA) is 6.48 Å². The highest BCUT2D eigenvalue weighted by Crippen LogP contribution is 2.23. The predicted octanol–water partition coefficient (Wildman–Crippen LogP) is 5.92. The zero-order chi connectivity index (χ0) is 16.8. The van der Waals surface area contributed by atoms with Crippen molar-refractivity contribution in [1.29, 1.82) is 0 Å². The molecule has 0 aromatic carbocycles. The fourth-order valence-corrected chi connectivity index (χ4v) is 2.60. The van der Waals surface area contributed by atoms with Crippen LogP contribution in [0.4, 0.5) is 0 Å². The fourth-order valence-electron chi connectivity index (χ4n) is 2.60. The van der Waals surface area contributed by atoms with Crippen LogP contribution in [-0.4, -0.2) is 22.9 Å². The second-order valence-corrected chi connectivity index (χ2v) is 5.83. The van der Waals surface area contributed by atoms with Gasteiger partial charge in [0.25, 0.3) is 0 Å². The summed E-state index contributed by atoms with van der Waals surface area (Å²) in [6.07, 6.45) is 14.2. The minimum atomic E-state index is 0.419. The number of unbranched alkanes of at least 4 members (excludes halogenated alkanes) is 4. The molecule has 0 heterocycles. The molecule has 0 rings (SSSR count). The summed E-state index contributed by atoms with van der Waals surface area (Å²) >= 11 is 0. The van der Waals surface area contributed by atoms with Gasteiger partial charge in [-0.2, -0.15) is 0 Å². The monoisotopic (exact) mass is 304 g/mol. The molecule has 2 nitrogen and oxygen atoms in total. The number of nitrogens with zero attached hydrogens (tertiary/aromatic N) is 2. The zero-order valence-corrected chi connectivity index (χ0v) is 14.9. The summed E-state index contributed by atoms with van der Waals surface area (Å²) in [5, 5.41) is 0. The van der Waals surface area contributed by atoms with E-state index >= 15 is 0 Å². The lowest BCUT2D eigenvalue weighted by Gasteiger charge is -2.31. The standard InChI is InChI=1S/C20H36N2/c1-7-12-14-16-20(18-21(9-3)10-4)19(6)22(11-5)17-15-13-8-2/h9-11,20H,3-8,12-18H2,1-2H3. The van der Waals surface area contributed by atoms with Gasteiger partial charge in [-0.15, -0.1) is 0 Å². The molecule has 0 N–H and O–H groups in total. The highest BCUT2D eigenvalue weighted by Gasteiger charge is 2.18. The van der Waals surface area contributed by atoms with Crippen LogP contribution in [0.25, 0.3) is 0 Å². The second-order valence-electron chi connectivity index (χ2n) is 5.83. The Labute approximate surface area is 138 Å². The van der Waals surface area contributed by atoms with Gasteiger partial charge in [0.1, 0.15) is 0 Å². The van der Waals surface area contributed by atoms with Gasteiger partial charge in [-0.05, 0) is 31.4 Å². The third kappa shape index (κ3) is 8.11. The molecule has 0 saturated heterocycles. The van der Waals surface area contributed by atoms with Crippen molar-refractivity contribution in [2.45, 2.75) is 58.8 Å². The van der Waals surface area contributed by atoms with Crippen molar-refractivity contribution in [3.8, 4) is 0 Å². The van der Waals surface area contributed by atoms with Crippen molar-refractivity contribution in [2.75, 3.05) is 13.1 Å². The van der Waals surface area contributed by atoms with Crippen LogP contribution < -0.4 is 0 Å². The third-order valence-electron chi connectivity index (χ3n) is 4.12. The number of hydrogen-bond donors (Lipinski definition) is 0. The molecule has 0 saturated carbocycles. The van der Waals surface area contributed by atoms with E-state index in [1.807, 2.05) is 18.6 Å². The van der Waals surface area contributed by atoms with Gasteiger partial charge in [0.2, 0.25) is 0 Å². The minimum absolute atomic E-state index is 0.419. The van der Waals surface area contributed by atoms with E-state index in [0.29, 0.717) is 5.92 Å². The quantitative estimate of drug-likeness (QED) is 0.346. The summed E-state index contributed by atoms with van der Waals surface area (Å²) in [4.78, 5) is 4.28. The molecule has 0 radical (unpaired) electrons. The van der Waals surface area contributed by atoms with E-state index in [1.54, 1.807) is 0 Å². The van der Waals surface area contributed by atoms with E-state index < -0.39 is 0 Å². The largest absolute Gasteiger partial charge is 0.355 e. The lowest BCUT2D eigenvalue weighted by Crippen LogP contribution is -2.29. The number of hydrogen-bond acceptors (Lipinski definition) is 2. The van der Waals surface area contributed by atoms with E-state index in [9.17, 15) is 0 Å². The maximum Gasteiger partial charge on any atom is 0.0302 e. The second kappa shape index (κ2) is 13.2. The summed E-state index contributed by atoms with van der Waals surface area (Å²) in [5.74, 6) is 0.419. The molecule has 2 heteroatoms. The first kappa shape index (κ1) is 20.6. The van der Waals surface area contributed by atoms with Crippen LogP contribution in [0.3, 0.4) is 0 Å². The van der Waals surface area contributed by atoms with Gasteiger partial charge in [-0.25, -0.2) is 0 Å². The average molecular weight is 305 g/mol. The van der Waals surface area contributed by atoms with Gasteiger partial charge < -0.3 is 9.80 Å². The summed E-state index contributed by atoms with van der Waals surface area (Å²) in [6.45, 7) is 22.4. The van der Waals surface area contributed by atoms with E-state index in [2.05, 4.69) is 50.0 Å². The van der Waals surface area contributed by atoms with Gasteiger partial charge in [-0.3, -0.25) is 0 Å². The Kier molecular flexibility index (Phi) is 12.4. The summed E-state index contributed by atoms with van der Waals surface area (Å²) in [6, 6.07) is 0. The van der Waals surface area contributed by atoms with Crippen molar-refractivity contribution in [3.63, 3.8) is 0 Å². The fraction of sp³-hybridized carbons (Fsp3) is 0.600. The van der Waals surface area contributed by atoms with Crippen LogP contribution in [-0.2, 0) is 0 Å². The van der Waals surface area contributed by atoms with Crippen LogP contribution in [0.5, 0.6) is 0 Å². The molecule has 0 aliphatic carbocycles. The smallest absolute Gasteiger partial charge is 0.0302 e. The lowest BCUT2D eigenvalue weighted by atomic mass is 9.96. The van der Waals surface area contributed by atoms with Gasteiger partial charge in [0.15, 0.2) is 0 Å². The molecule has 0 bridgehead atoms. The maximum absolute atomic E-state index is 4.36. The first-order valence-corrected chi connectivity index (χ1v) is 8.73. The number of rotatable bonds is 15. The van der Waals surface area contributed by atoms with Crippen LogP contribution in [0, 0.1) is 5.92 Å². The molecule has 22 heavy (non-hydrogen) atoms. The van der Waals surface area contributed by atoms with E-state index in [4.69, 9.17) is 0 Å². The van der Waals surface area contributed by atoms with Crippen LogP contribution >= 0.6 is 0 Å². The Morgan fingerprint density at radius 2 is 1.50 bits per heavy atom. The van der Waals surface area contributed by atoms with Crippen LogP contribution in [0.1, 0.15) is 58.8 Å². The molecule has 0 aliphatic rings. The summed E-state index contributed by atoms with van der Waals surface area (Å²) < 4.78 is 0. The van der Waals surface area contributed by atoms with Crippen LogP contribution in [0.2, 0.25) is 0 Å². The molecule has 126 valence electrons. The SMILES string of the molecule is C=CN(C=C)CC(CCCCC)C(=C)N(C=C)CCCCC. The molecule has 0 aromatic rings. The Morgan fingerprint density at radius 3 is 2.00 bits per heavy atom. The van der Waals surface area contributed by atoms with Crippen molar-refractivity contribution >= 4 is 0 Å². The first-order chi connectivity index (χ1) is 10.6. The Hall–Kier alpha value is -1.44. The van der Waals surface area contributed by atoms with E-state index in [-0.39, 0.29) is 0 Å².